The highest BCUT2D eigenvalue weighted by atomic mass is 79.9. The zero-order valence-corrected chi connectivity index (χ0v) is 13.1. The minimum Gasteiger partial charge on any atom is -0.493 e. The predicted octanol–water partition coefficient (Wildman–Crippen LogP) is 4.81. The van der Waals surface area contributed by atoms with Crippen LogP contribution in [0, 0.1) is 0 Å². The summed E-state index contributed by atoms with van der Waals surface area (Å²) in [6.07, 6.45) is 0.892. The van der Waals surface area contributed by atoms with E-state index in [0.29, 0.717) is 12.2 Å². The van der Waals surface area contributed by atoms with Crippen LogP contribution in [0.15, 0.2) is 46.9 Å². The number of para-hydroxylation sites is 1. The van der Waals surface area contributed by atoms with Crippen molar-refractivity contribution in [1.82, 2.24) is 4.98 Å². The highest BCUT2D eigenvalue weighted by Gasteiger charge is 2.16. The van der Waals surface area contributed by atoms with Gasteiger partial charge < -0.3 is 9.72 Å². The molecular weight excluding hydrogens is 330 g/mol. The molecule has 0 saturated heterocycles. The molecule has 21 heavy (non-hydrogen) atoms. The molecule has 0 atom stereocenters. The Morgan fingerprint density at radius 3 is 2.81 bits per heavy atom. The van der Waals surface area contributed by atoms with Crippen LogP contribution in [0.25, 0.3) is 22.2 Å². The van der Waals surface area contributed by atoms with E-state index in [1.54, 1.807) is 0 Å². The summed E-state index contributed by atoms with van der Waals surface area (Å²) in [5.74, 6) is 0.772. The van der Waals surface area contributed by atoms with Gasteiger partial charge in [-0.25, -0.2) is 0 Å². The topological polar surface area (TPSA) is 42.1 Å². The number of H-pyrrole nitrogens is 1. The molecule has 3 nitrogen and oxygen atoms in total. The Hall–Kier alpha value is -2.07. The Kier molecular flexibility index (Phi) is 3.80. The molecule has 0 bridgehead atoms. The summed E-state index contributed by atoms with van der Waals surface area (Å²) in [5, 5.41) is 0.903. The number of fused-ring (bicyclic) bond motifs is 1. The van der Waals surface area contributed by atoms with E-state index in [9.17, 15) is 4.79 Å². The van der Waals surface area contributed by atoms with E-state index >= 15 is 0 Å². The Bertz CT molecular complexity index is 808. The molecule has 2 aromatic carbocycles. The molecule has 3 aromatic rings. The maximum atomic E-state index is 11.6. The number of aromatic amines is 1. The van der Waals surface area contributed by atoms with Crippen molar-refractivity contribution in [3.05, 3.63) is 52.5 Å². The normalized spacial score (nSPS) is 10.8. The van der Waals surface area contributed by atoms with Crippen molar-refractivity contribution in [2.75, 3.05) is 6.61 Å². The van der Waals surface area contributed by atoms with Crippen LogP contribution in [0.5, 0.6) is 5.75 Å². The lowest BCUT2D eigenvalue weighted by atomic mass is 10.1. The van der Waals surface area contributed by atoms with Crippen LogP contribution in [0.1, 0.15) is 17.3 Å². The molecule has 0 fully saturated rings. The number of nitrogens with one attached hydrogen (secondary N) is 1. The number of carbonyl (C=O) groups excluding carboxylic acids is 1. The summed E-state index contributed by atoms with van der Waals surface area (Å²) in [7, 11) is 0. The molecule has 3 rings (SSSR count). The number of hydrogen-bond donors (Lipinski definition) is 1. The molecule has 0 radical (unpaired) electrons. The summed E-state index contributed by atoms with van der Waals surface area (Å²) < 4.78 is 6.61. The van der Waals surface area contributed by atoms with Gasteiger partial charge in [0.15, 0.2) is 6.29 Å². The highest BCUT2D eigenvalue weighted by molar-refractivity contribution is 9.10. The first-order valence-electron chi connectivity index (χ1n) is 6.73. The Balaban J connectivity index is 2.27. The van der Waals surface area contributed by atoms with Crippen molar-refractivity contribution in [2.45, 2.75) is 6.92 Å². The molecule has 4 heteroatoms. The van der Waals surface area contributed by atoms with Crippen molar-refractivity contribution < 1.29 is 9.53 Å². The quantitative estimate of drug-likeness (QED) is 0.690. The number of carbonyl (C=O) groups is 1. The lowest BCUT2D eigenvalue weighted by molar-refractivity contribution is 0.112. The molecule has 0 unspecified atom stereocenters. The van der Waals surface area contributed by atoms with Crippen molar-refractivity contribution in [1.29, 1.82) is 0 Å². The van der Waals surface area contributed by atoms with E-state index < -0.39 is 0 Å². The van der Waals surface area contributed by atoms with Gasteiger partial charge in [0.05, 0.1) is 12.3 Å². The van der Waals surface area contributed by atoms with Crippen molar-refractivity contribution in [2.24, 2.45) is 0 Å². The summed E-state index contributed by atoms with van der Waals surface area (Å²) >= 11 is 3.45. The fourth-order valence-corrected chi connectivity index (χ4v) is 2.84. The number of benzene rings is 2. The number of rotatable bonds is 4. The van der Waals surface area contributed by atoms with Gasteiger partial charge >= 0.3 is 0 Å². The number of ether oxygens (including phenoxy) is 1. The lowest BCUT2D eigenvalue weighted by Gasteiger charge is -2.09. The first-order valence-corrected chi connectivity index (χ1v) is 7.52. The Morgan fingerprint density at radius 1 is 1.24 bits per heavy atom. The average molecular weight is 344 g/mol. The van der Waals surface area contributed by atoms with Gasteiger partial charge in [-0.3, -0.25) is 4.79 Å². The van der Waals surface area contributed by atoms with Gasteiger partial charge in [-0.15, -0.1) is 0 Å². The number of aromatic nitrogens is 1. The largest absolute Gasteiger partial charge is 0.493 e. The van der Waals surface area contributed by atoms with Crippen LogP contribution in [-0.2, 0) is 0 Å². The maximum Gasteiger partial charge on any atom is 0.152 e. The smallest absolute Gasteiger partial charge is 0.152 e. The van der Waals surface area contributed by atoms with E-state index in [1.807, 2.05) is 49.4 Å². The average Bonchev–Trinajstić information content (AvgIpc) is 2.85. The second-order valence-corrected chi connectivity index (χ2v) is 5.57. The molecule has 0 saturated carbocycles. The van der Waals surface area contributed by atoms with Crippen LogP contribution >= 0.6 is 15.9 Å². The predicted molar refractivity (Wildman–Crippen MR) is 88.0 cm³/mol. The Morgan fingerprint density at radius 2 is 2.05 bits per heavy atom. The van der Waals surface area contributed by atoms with Crippen LogP contribution in [0.4, 0.5) is 0 Å². The molecule has 0 aliphatic heterocycles. The van der Waals surface area contributed by atoms with Gasteiger partial charge in [-0.05, 0) is 37.3 Å². The molecule has 1 heterocycles. The summed E-state index contributed by atoms with van der Waals surface area (Å²) in [4.78, 5) is 14.9. The summed E-state index contributed by atoms with van der Waals surface area (Å²) in [5.41, 5.74) is 3.27. The van der Waals surface area contributed by atoms with Gasteiger partial charge in [-0.1, -0.05) is 28.1 Å². The number of aldehydes is 1. The summed E-state index contributed by atoms with van der Waals surface area (Å²) in [6, 6.07) is 13.6. The molecule has 0 amide bonds. The highest BCUT2D eigenvalue weighted by Crippen LogP contribution is 2.35. The SMILES string of the molecule is CCOc1ccccc1-c1[nH]c2ccc(Br)cc2c1C=O. The van der Waals surface area contributed by atoms with Gasteiger partial charge in [0.25, 0.3) is 0 Å². The van der Waals surface area contributed by atoms with Crippen molar-refractivity contribution >= 4 is 33.1 Å². The second-order valence-electron chi connectivity index (χ2n) is 4.65. The van der Waals surface area contributed by atoms with E-state index in [0.717, 1.165) is 38.7 Å². The molecule has 1 aromatic heterocycles. The minimum atomic E-state index is 0.583. The third kappa shape index (κ3) is 2.47. The zero-order valence-electron chi connectivity index (χ0n) is 11.5. The van der Waals surface area contributed by atoms with Gasteiger partial charge in [0.1, 0.15) is 5.75 Å². The molecule has 0 aliphatic rings. The van der Waals surface area contributed by atoms with Crippen LogP contribution in [0.3, 0.4) is 0 Å². The summed E-state index contributed by atoms with van der Waals surface area (Å²) in [6.45, 7) is 2.53. The van der Waals surface area contributed by atoms with Gasteiger partial charge in [0.2, 0.25) is 0 Å². The Labute approximate surface area is 131 Å². The van der Waals surface area contributed by atoms with Crippen LogP contribution in [-0.4, -0.2) is 17.9 Å². The molecule has 106 valence electrons. The third-order valence-electron chi connectivity index (χ3n) is 3.37. The first-order chi connectivity index (χ1) is 10.2. The van der Waals surface area contributed by atoms with E-state index in [4.69, 9.17) is 4.74 Å². The molecule has 0 aliphatic carbocycles. The second kappa shape index (κ2) is 5.74. The fraction of sp³-hybridized carbons (Fsp3) is 0.118. The molecule has 1 N–H and O–H groups in total. The fourth-order valence-electron chi connectivity index (χ4n) is 2.47. The molecular formula is C17H14BrNO2. The maximum absolute atomic E-state index is 11.6. The van der Waals surface area contributed by atoms with Crippen molar-refractivity contribution in [3.63, 3.8) is 0 Å². The monoisotopic (exact) mass is 343 g/mol. The van der Waals surface area contributed by atoms with Crippen LogP contribution in [0.2, 0.25) is 0 Å². The van der Waals surface area contributed by atoms with Crippen molar-refractivity contribution in [3.8, 4) is 17.0 Å². The van der Waals surface area contributed by atoms with Gasteiger partial charge in [0, 0.05) is 26.5 Å². The zero-order chi connectivity index (χ0) is 14.8. The van der Waals surface area contributed by atoms with Gasteiger partial charge in [-0.2, -0.15) is 0 Å². The minimum absolute atomic E-state index is 0.583. The standard InChI is InChI=1S/C17H14BrNO2/c1-2-21-16-6-4-3-5-12(16)17-14(10-20)13-9-11(18)7-8-15(13)19-17/h3-10,19H,2H2,1H3. The van der Waals surface area contributed by atoms with E-state index in [2.05, 4.69) is 20.9 Å². The van der Waals surface area contributed by atoms with E-state index in [1.165, 1.54) is 0 Å². The van der Waals surface area contributed by atoms with Crippen LogP contribution < -0.4 is 4.74 Å². The van der Waals surface area contributed by atoms with E-state index in [-0.39, 0.29) is 0 Å². The third-order valence-corrected chi connectivity index (χ3v) is 3.87. The lowest BCUT2D eigenvalue weighted by Crippen LogP contribution is -1.95. The first kappa shape index (κ1) is 13.9. The number of hydrogen-bond acceptors (Lipinski definition) is 2. The molecule has 0 spiro atoms. The number of halogens is 1.